The number of nitrogens with two attached hydrogens (primary N) is 1. The van der Waals surface area contributed by atoms with E-state index in [2.05, 4.69) is 41.0 Å². The van der Waals surface area contributed by atoms with Gasteiger partial charge in [0.15, 0.2) is 0 Å². The average Bonchev–Trinajstić information content (AvgIpc) is 2.88. The zero-order chi connectivity index (χ0) is 13.6. The summed E-state index contributed by atoms with van der Waals surface area (Å²) in [7, 11) is 0. The summed E-state index contributed by atoms with van der Waals surface area (Å²) >= 11 is 1.33. The molecular weight excluding hydrogens is 256 g/mol. The first-order chi connectivity index (χ1) is 9.11. The second-order valence-electron chi connectivity index (χ2n) is 4.68. The van der Waals surface area contributed by atoms with Crippen LogP contribution in [0.25, 0.3) is 22.4 Å². The van der Waals surface area contributed by atoms with E-state index in [0.717, 1.165) is 39.7 Å². The fourth-order valence-electron chi connectivity index (χ4n) is 2.41. The van der Waals surface area contributed by atoms with Gasteiger partial charge in [-0.25, -0.2) is 4.98 Å². The van der Waals surface area contributed by atoms with Crippen LogP contribution >= 0.6 is 11.5 Å². The van der Waals surface area contributed by atoms with Crippen molar-refractivity contribution >= 4 is 27.6 Å². The summed E-state index contributed by atoms with van der Waals surface area (Å²) in [5, 5.41) is 0.735. The molecule has 0 radical (unpaired) electrons. The molecule has 0 saturated heterocycles. The third-order valence-electron chi connectivity index (χ3n) is 3.33. The molecule has 98 valence electrons. The summed E-state index contributed by atoms with van der Waals surface area (Å²) in [6, 6.07) is 6.34. The van der Waals surface area contributed by atoms with E-state index in [-0.39, 0.29) is 0 Å². The maximum absolute atomic E-state index is 6.05. The molecule has 0 atom stereocenters. The molecule has 0 aliphatic carbocycles. The number of hydrogen-bond donors (Lipinski definition) is 1. The highest BCUT2D eigenvalue weighted by molar-refractivity contribution is 7.10. The van der Waals surface area contributed by atoms with Crippen LogP contribution in [-0.4, -0.2) is 13.9 Å². The van der Waals surface area contributed by atoms with E-state index >= 15 is 0 Å². The van der Waals surface area contributed by atoms with Gasteiger partial charge in [0.25, 0.3) is 0 Å². The second-order valence-corrected chi connectivity index (χ2v) is 5.48. The summed E-state index contributed by atoms with van der Waals surface area (Å²) in [5.41, 5.74) is 11.4. The van der Waals surface area contributed by atoms with Gasteiger partial charge in [-0.05, 0) is 50.0 Å². The lowest BCUT2D eigenvalue weighted by Crippen LogP contribution is -1.99. The Kier molecular flexibility index (Phi) is 2.78. The lowest BCUT2D eigenvalue weighted by atomic mass is 10.2. The minimum Gasteiger partial charge on any atom is -0.389 e. The molecule has 1 aromatic carbocycles. The molecule has 2 heterocycles. The Morgan fingerprint density at radius 2 is 2.11 bits per heavy atom. The van der Waals surface area contributed by atoms with Crippen molar-refractivity contribution in [3.63, 3.8) is 0 Å². The van der Waals surface area contributed by atoms with E-state index in [1.165, 1.54) is 17.1 Å². The average molecular weight is 272 g/mol. The Morgan fingerprint density at radius 3 is 2.74 bits per heavy atom. The molecule has 0 spiro atoms. The molecule has 19 heavy (non-hydrogen) atoms. The number of anilines is 1. The quantitative estimate of drug-likeness (QED) is 0.778. The van der Waals surface area contributed by atoms with Gasteiger partial charge in [0.2, 0.25) is 0 Å². The molecule has 0 amide bonds. The number of benzene rings is 1. The normalized spacial score (nSPS) is 11.3. The molecule has 0 bridgehead atoms. The molecule has 4 nitrogen and oxygen atoms in total. The Labute approximate surface area is 116 Å². The molecule has 0 saturated carbocycles. The number of aromatic nitrogens is 3. The highest BCUT2D eigenvalue weighted by atomic mass is 32.1. The fourth-order valence-corrected chi connectivity index (χ4v) is 3.07. The van der Waals surface area contributed by atoms with E-state index in [9.17, 15) is 0 Å². The largest absolute Gasteiger partial charge is 0.389 e. The first-order valence-electron chi connectivity index (χ1n) is 6.30. The van der Waals surface area contributed by atoms with Gasteiger partial charge < -0.3 is 10.3 Å². The van der Waals surface area contributed by atoms with Gasteiger partial charge in [0.05, 0.1) is 22.3 Å². The van der Waals surface area contributed by atoms with E-state index in [1.54, 1.807) is 0 Å². The molecule has 2 aromatic heterocycles. The molecule has 5 heteroatoms. The zero-order valence-corrected chi connectivity index (χ0v) is 12.1. The molecule has 0 aliphatic rings. The van der Waals surface area contributed by atoms with Gasteiger partial charge in [-0.2, -0.15) is 4.37 Å². The van der Waals surface area contributed by atoms with Gasteiger partial charge in [-0.3, -0.25) is 0 Å². The van der Waals surface area contributed by atoms with E-state index in [1.807, 2.05) is 6.92 Å². The minimum atomic E-state index is 0.735. The lowest BCUT2D eigenvalue weighted by molar-refractivity contribution is 0.796. The second kappa shape index (κ2) is 4.35. The van der Waals surface area contributed by atoms with Crippen LogP contribution in [0.2, 0.25) is 0 Å². The van der Waals surface area contributed by atoms with Gasteiger partial charge in [-0.15, -0.1) is 0 Å². The van der Waals surface area contributed by atoms with Crippen LogP contribution in [0.3, 0.4) is 0 Å². The van der Waals surface area contributed by atoms with Crippen LogP contribution in [0, 0.1) is 13.8 Å². The predicted octanol–water partition coefficient (Wildman–Crippen LogP) is 3.38. The number of imidazole rings is 1. The Bertz CT molecular complexity index is 735. The maximum Gasteiger partial charge on any atom is 0.146 e. The third-order valence-corrected chi connectivity index (χ3v) is 4.10. The Hall–Kier alpha value is -1.88. The minimum absolute atomic E-state index is 0.735. The molecule has 0 fully saturated rings. The summed E-state index contributed by atoms with van der Waals surface area (Å²) in [4.78, 5) is 4.76. The number of fused-ring (bicyclic) bond motifs is 1. The van der Waals surface area contributed by atoms with Crippen LogP contribution in [0.5, 0.6) is 0 Å². The molecule has 0 aliphatic heterocycles. The van der Waals surface area contributed by atoms with Crippen molar-refractivity contribution < 1.29 is 0 Å². The van der Waals surface area contributed by atoms with Crippen molar-refractivity contribution in [2.45, 2.75) is 27.3 Å². The van der Waals surface area contributed by atoms with Gasteiger partial charge >= 0.3 is 0 Å². The van der Waals surface area contributed by atoms with Crippen LogP contribution < -0.4 is 5.73 Å². The SMILES string of the molecule is CCn1c(-c2c(C)nsc2N)nc2cc(C)ccc21. The smallest absolute Gasteiger partial charge is 0.146 e. The van der Waals surface area contributed by atoms with Crippen molar-refractivity contribution in [2.24, 2.45) is 0 Å². The maximum atomic E-state index is 6.05. The van der Waals surface area contributed by atoms with E-state index in [4.69, 9.17) is 10.7 Å². The number of rotatable bonds is 2. The third kappa shape index (κ3) is 1.81. The number of nitrogen functional groups attached to an aromatic ring is 1. The van der Waals surface area contributed by atoms with Crippen molar-refractivity contribution in [3.8, 4) is 11.4 Å². The summed E-state index contributed by atoms with van der Waals surface area (Å²) < 4.78 is 6.52. The molecular formula is C14H16N4S. The van der Waals surface area contributed by atoms with E-state index in [0.29, 0.717) is 0 Å². The molecule has 2 N–H and O–H groups in total. The van der Waals surface area contributed by atoms with Crippen LogP contribution in [-0.2, 0) is 6.54 Å². The first-order valence-corrected chi connectivity index (χ1v) is 7.08. The van der Waals surface area contributed by atoms with Crippen molar-refractivity contribution in [2.75, 3.05) is 5.73 Å². The zero-order valence-electron chi connectivity index (χ0n) is 11.3. The number of nitrogens with zero attached hydrogens (tertiary/aromatic N) is 3. The summed E-state index contributed by atoms with van der Waals surface area (Å²) in [5.74, 6) is 0.923. The fraction of sp³-hybridized carbons (Fsp3) is 0.286. The summed E-state index contributed by atoms with van der Waals surface area (Å²) in [6.45, 7) is 7.04. The van der Waals surface area contributed by atoms with E-state index < -0.39 is 0 Å². The summed E-state index contributed by atoms with van der Waals surface area (Å²) in [6.07, 6.45) is 0. The Morgan fingerprint density at radius 1 is 1.32 bits per heavy atom. The van der Waals surface area contributed by atoms with Crippen molar-refractivity contribution in [1.82, 2.24) is 13.9 Å². The number of hydrogen-bond acceptors (Lipinski definition) is 4. The molecule has 3 aromatic rings. The highest BCUT2D eigenvalue weighted by Gasteiger charge is 2.18. The molecule has 3 rings (SSSR count). The monoisotopic (exact) mass is 272 g/mol. The van der Waals surface area contributed by atoms with Gasteiger partial charge in [0.1, 0.15) is 10.8 Å². The highest BCUT2D eigenvalue weighted by Crippen LogP contribution is 2.33. The van der Waals surface area contributed by atoms with Gasteiger partial charge in [0, 0.05) is 6.54 Å². The topological polar surface area (TPSA) is 56.7 Å². The number of aryl methyl sites for hydroxylation is 3. The van der Waals surface area contributed by atoms with Crippen LogP contribution in [0.1, 0.15) is 18.2 Å². The van der Waals surface area contributed by atoms with Crippen molar-refractivity contribution in [3.05, 3.63) is 29.5 Å². The predicted molar refractivity (Wildman–Crippen MR) is 80.4 cm³/mol. The Balaban J connectivity index is 2.35. The van der Waals surface area contributed by atoms with Crippen molar-refractivity contribution in [1.29, 1.82) is 0 Å². The first kappa shape index (κ1) is 12.2. The van der Waals surface area contributed by atoms with Crippen LogP contribution in [0.4, 0.5) is 5.00 Å². The van der Waals surface area contributed by atoms with Gasteiger partial charge in [-0.1, -0.05) is 6.07 Å². The standard InChI is InChI=1S/C14H16N4S/c1-4-18-11-6-5-8(2)7-10(11)16-14(18)12-9(3)17-19-13(12)15/h5-7H,4,15H2,1-3H3. The van der Waals surface area contributed by atoms with Crippen LogP contribution in [0.15, 0.2) is 18.2 Å². The lowest BCUT2D eigenvalue weighted by Gasteiger charge is -2.06. The molecule has 0 unspecified atom stereocenters.